The van der Waals surface area contributed by atoms with Crippen LogP contribution in [-0.2, 0) is 9.59 Å². The lowest BCUT2D eigenvalue weighted by Crippen LogP contribution is -2.50. The number of carbonyl (C=O) groups excluding carboxylic acids is 2. The quantitative estimate of drug-likeness (QED) is 0.766. The number of rotatable bonds is 4. The molecule has 2 fully saturated rings. The van der Waals surface area contributed by atoms with Gasteiger partial charge in [0.15, 0.2) is 0 Å². The fourth-order valence-corrected chi connectivity index (χ4v) is 3.91. The number of nitrogens with zero attached hydrogens (tertiary/aromatic N) is 1. The van der Waals surface area contributed by atoms with E-state index in [0.29, 0.717) is 31.7 Å². The molecule has 0 aromatic carbocycles. The minimum atomic E-state index is -0.790. The predicted molar refractivity (Wildman–Crippen MR) is 67.9 cm³/mol. The maximum atomic E-state index is 12.7. The van der Waals surface area contributed by atoms with E-state index in [1.807, 2.05) is 0 Å². The van der Waals surface area contributed by atoms with E-state index in [1.54, 1.807) is 11.9 Å². The molecule has 2 unspecified atom stereocenters. The van der Waals surface area contributed by atoms with Crippen LogP contribution in [0.5, 0.6) is 0 Å². The number of aliphatic hydroxyl groups excluding tert-OH is 1. The number of Topliss-reactive ketones (excluding diaryl/α,β-unsaturated/α-hetero) is 1. The highest BCUT2D eigenvalue weighted by atomic mass is 16.3. The Hall–Kier alpha value is -0.900. The highest BCUT2D eigenvalue weighted by molar-refractivity contribution is 6.09. The summed E-state index contributed by atoms with van der Waals surface area (Å²) in [6.07, 6.45) is 2.81. The molecular weight excluding hydrogens is 230 g/mol. The first-order chi connectivity index (χ1) is 8.38. The Kier molecular flexibility index (Phi) is 3.26. The van der Waals surface area contributed by atoms with Crippen LogP contribution in [0.1, 0.15) is 39.5 Å². The van der Waals surface area contributed by atoms with Crippen molar-refractivity contribution < 1.29 is 14.7 Å². The first-order valence-electron chi connectivity index (χ1n) is 6.77. The molecular formula is C14H23NO3. The van der Waals surface area contributed by atoms with Gasteiger partial charge in [0.25, 0.3) is 0 Å². The van der Waals surface area contributed by atoms with Gasteiger partial charge < -0.3 is 10.0 Å². The number of fused-ring (bicyclic) bond motifs is 2. The van der Waals surface area contributed by atoms with Gasteiger partial charge in [-0.2, -0.15) is 0 Å². The third-order valence-electron chi connectivity index (χ3n) is 5.26. The van der Waals surface area contributed by atoms with E-state index < -0.39 is 5.41 Å². The summed E-state index contributed by atoms with van der Waals surface area (Å²) in [5.41, 5.74) is -1.00. The van der Waals surface area contributed by atoms with Crippen LogP contribution in [0.3, 0.4) is 0 Å². The SMILES string of the molecule is CN(CCCO)C(=O)C12CCC(CC1=O)C2(C)C. The molecule has 0 aromatic heterocycles. The summed E-state index contributed by atoms with van der Waals surface area (Å²) in [5.74, 6) is 0.454. The van der Waals surface area contributed by atoms with Gasteiger partial charge in [0, 0.05) is 26.6 Å². The maximum absolute atomic E-state index is 12.7. The Labute approximate surface area is 108 Å². The average molecular weight is 253 g/mol. The van der Waals surface area contributed by atoms with Gasteiger partial charge in [-0.1, -0.05) is 13.8 Å². The molecule has 2 bridgehead atoms. The Morgan fingerprint density at radius 1 is 1.50 bits per heavy atom. The van der Waals surface area contributed by atoms with E-state index in [4.69, 9.17) is 5.11 Å². The first-order valence-corrected chi connectivity index (χ1v) is 6.77. The van der Waals surface area contributed by atoms with E-state index in [2.05, 4.69) is 13.8 Å². The predicted octanol–water partition coefficient (Wildman–Crippen LogP) is 1.22. The van der Waals surface area contributed by atoms with E-state index in [9.17, 15) is 9.59 Å². The van der Waals surface area contributed by atoms with Gasteiger partial charge in [-0.3, -0.25) is 9.59 Å². The van der Waals surface area contributed by atoms with Crippen molar-refractivity contribution in [2.24, 2.45) is 16.7 Å². The van der Waals surface area contributed by atoms with Gasteiger partial charge in [0.1, 0.15) is 11.2 Å². The Morgan fingerprint density at radius 3 is 2.61 bits per heavy atom. The van der Waals surface area contributed by atoms with Crippen molar-refractivity contribution in [3.63, 3.8) is 0 Å². The molecule has 1 N–H and O–H groups in total. The summed E-state index contributed by atoms with van der Waals surface area (Å²) < 4.78 is 0. The minimum Gasteiger partial charge on any atom is -0.396 e. The number of hydrogen-bond donors (Lipinski definition) is 1. The highest BCUT2D eigenvalue weighted by Gasteiger charge is 2.68. The molecule has 2 rings (SSSR count). The molecule has 18 heavy (non-hydrogen) atoms. The zero-order chi connectivity index (χ0) is 13.6. The van der Waals surface area contributed by atoms with Crippen molar-refractivity contribution in [1.29, 1.82) is 0 Å². The summed E-state index contributed by atoms with van der Waals surface area (Å²) in [7, 11) is 1.74. The number of aliphatic hydroxyl groups is 1. The van der Waals surface area contributed by atoms with Crippen LogP contribution in [-0.4, -0.2) is 41.9 Å². The average Bonchev–Trinajstić information content (AvgIpc) is 2.69. The third-order valence-corrected chi connectivity index (χ3v) is 5.26. The Balaban J connectivity index is 2.25. The van der Waals surface area contributed by atoms with Gasteiger partial charge in [0.2, 0.25) is 5.91 Å². The van der Waals surface area contributed by atoms with E-state index in [0.717, 1.165) is 6.42 Å². The van der Waals surface area contributed by atoms with Crippen LogP contribution in [0.15, 0.2) is 0 Å². The summed E-state index contributed by atoms with van der Waals surface area (Å²) in [6, 6.07) is 0. The van der Waals surface area contributed by atoms with Crippen molar-refractivity contribution in [2.75, 3.05) is 20.2 Å². The fourth-order valence-electron chi connectivity index (χ4n) is 3.91. The zero-order valence-electron chi connectivity index (χ0n) is 11.5. The van der Waals surface area contributed by atoms with E-state index >= 15 is 0 Å². The van der Waals surface area contributed by atoms with Gasteiger partial charge in [-0.15, -0.1) is 0 Å². The normalized spacial score (nSPS) is 32.9. The van der Waals surface area contributed by atoms with Crippen LogP contribution in [0.2, 0.25) is 0 Å². The molecule has 2 aliphatic rings. The molecule has 4 heteroatoms. The van der Waals surface area contributed by atoms with Crippen molar-refractivity contribution in [1.82, 2.24) is 4.90 Å². The third kappa shape index (κ3) is 1.54. The number of amides is 1. The molecule has 2 saturated carbocycles. The monoisotopic (exact) mass is 253 g/mol. The second kappa shape index (κ2) is 4.34. The van der Waals surface area contributed by atoms with Crippen LogP contribution < -0.4 is 0 Å². The summed E-state index contributed by atoms with van der Waals surface area (Å²) in [6.45, 7) is 4.72. The number of hydrogen-bond acceptors (Lipinski definition) is 3. The molecule has 1 amide bonds. The minimum absolute atomic E-state index is 0.0362. The summed E-state index contributed by atoms with van der Waals surface area (Å²) >= 11 is 0. The van der Waals surface area contributed by atoms with Crippen LogP contribution in [0.4, 0.5) is 0 Å². The summed E-state index contributed by atoms with van der Waals surface area (Å²) in [4.78, 5) is 26.6. The number of ketones is 1. The van der Waals surface area contributed by atoms with Crippen molar-refractivity contribution >= 4 is 11.7 Å². The molecule has 0 heterocycles. The molecule has 4 nitrogen and oxygen atoms in total. The molecule has 0 radical (unpaired) electrons. The van der Waals surface area contributed by atoms with Crippen LogP contribution >= 0.6 is 0 Å². The molecule has 0 aliphatic heterocycles. The van der Waals surface area contributed by atoms with E-state index in [1.165, 1.54) is 0 Å². The Bertz CT molecular complexity index is 377. The van der Waals surface area contributed by atoms with Crippen LogP contribution in [0.25, 0.3) is 0 Å². The van der Waals surface area contributed by atoms with Crippen molar-refractivity contribution in [3.05, 3.63) is 0 Å². The molecule has 0 saturated heterocycles. The molecule has 2 atom stereocenters. The second-order valence-corrected chi connectivity index (χ2v) is 6.29. The van der Waals surface area contributed by atoms with Crippen molar-refractivity contribution in [2.45, 2.75) is 39.5 Å². The maximum Gasteiger partial charge on any atom is 0.236 e. The molecule has 2 aliphatic carbocycles. The topological polar surface area (TPSA) is 57.6 Å². The fraction of sp³-hybridized carbons (Fsp3) is 0.857. The van der Waals surface area contributed by atoms with Crippen molar-refractivity contribution in [3.8, 4) is 0 Å². The van der Waals surface area contributed by atoms with Gasteiger partial charge >= 0.3 is 0 Å². The van der Waals surface area contributed by atoms with E-state index in [-0.39, 0.29) is 23.7 Å². The summed E-state index contributed by atoms with van der Waals surface area (Å²) in [5, 5.41) is 8.84. The largest absolute Gasteiger partial charge is 0.396 e. The lowest BCUT2D eigenvalue weighted by Gasteiger charge is -2.37. The first kappa shape index (κ1) is 13.5. The zero-order valence-corrected chi connectivity index (χ0v) is 11.5. The lowest BCUT2D eigenvalue weighted by atomic mass is 9.68. The Morgan fingerprint density at radius 2 is 2.17 bits per heavy atom. The second-order valence-electron chi connectivity index (χ2n) is 6.29. The molecule has 0 aromatic rings. The lowest BCUT2D eigenvalue weighted by molar-refractivity contribution is -0.152. The van der Waals surface area contributed by atoms with Crippen LogP contribution in [0, 0.1) is 16.7 Å². The molecule has 0 spiro atoms. The highest BCUT2D eigenvalue weighted by Crippen LogP contribution is 2.64. The van der Waals surface area contributed by atoms with Gasteiger partial charge in [0.05, 0.1) is 0 Å². The number of carbonyl (C=O) groups is 2. The van der Waals surface area contributed by atoms with Gasteiger partial charge in [-0.05, 0) is 30.6 Å². The molecule has 102 valence electrons. The van der Waals surface area contributed by atoms with Gasteiger partial charge in [-0.25, -0.2) is 0 Å². The standard InChI is InChI=1S/C14H23NO3/c1-13(2)10-5-6-14(13,11(17)9-10)12(18)15(3)7-4-8-16/h10,16H,4-9H2,1-3H3. The smallest absolute Gasteiger partial charge is 0.236 e.